The Morgan fingerprint density at radius 2 is 1.85 bits per heavy atom. The Hall–Kier alpha value is -2.34. The standard InChI is InChI=1S/C21H21BrN2O3/c22-18-6-7-19-17(13-18)14-24(20(19)25)27-21(26)23-10-8-16(9-11-23)12-15-4-2-1-3-5-15/h1-7,13,16H,8-12,14H2. The second kappa shape index (κ2) is 7.72. The van der Waals surface area contributed by atoms with Crippen LogP contribution < -0.4 is 0 Å². The van der Waals surface area contributed by atoms with Crippen LogP contribution in [-0.2, 0) is 17.8 Å². The van der Waals surface area contributed by atoms with Crippen molar-refractivity contribution in [1.29, 1.82) is 0 Å². The maximum absolute atomic E-state index is 12.5. The van der Waals surface area contributed by atoms with Gasteiger partial charge in [-0.3, -0.25) is 4.79 Å². The third kappa shape index (κ3) is 4.00. The predicted octanol–water partition coefficient (Wildman–Crippen LogP) is 4.41. The summed E-state index contributed by atoms with van der Waals surface area (Å²) in [6, 6.07) is 15.9. The van der Waals surface area contributed by atoms with Crippen LogP contribution in [0.25, 0.3) is 0 Å². The van der Waals surface area contributed by atoms with E-state index in [0.717, 1.165) is 34.4 Å². The van der Waals surface area contributed by atoms with Crippen LogP contribution in [0.5, 0.6) is 0 Å². The normalized spacial score (nSPS) is 17.1. The van der Waals surface area contributed by atoms with E-state index in [2.05, 4.69) is 40.2 Å². The maximum Gasteiger partial charge on any atom is 0.434 e. The van der Waals surface area contributed by atoms with Gasteiger partial charge in [0.05, 0.1) is 6.54 Å². The third-order valence-corrected chi connectivity index (χ3v) is 5.76. The number of likely N-dealkylation sites (tertiary alicyclic amines) is 1. The van der Waals surface area contributed by atoms with E-state index in [9.17, 15) is 9.59 Å². The second-order valence-electron chi connectivity index (χ2n) is 7.12. The van der Waals surface area contributed by atoms with Crippen molar-refractivity contribution in [2.45, 2.75) is 25.8 Å². The average molecular weight is 429 g/mol. The van der Waals surface area contributed by atoms with Gasteiger partial charge in [0.1, 0.15) is 0 Å². The quantitative estimate of drug-likeness (QED) is 0.727. The molecule has 0 spiro atoms. The lowest BCUT2D eigenvalue weighted by Gasteiger charge is -2.32. The van der Waals surface area contributed by atoms with Gasteiger partial charge in [0, 0.05) is 23.1 Å². The Kier molecular flexibility index (Phi) is 5.16. The number of hydroxylamine groups is 2. The number of amides is 2. The van der Waals surface area contributed by atoms with E-state index in [1.54, 1.807) is 11.0 Å². The molecule has 0 radical (unpaired) electrons. The summed E-state index contributed by atoms with van der Waals surface area (Å²) in [5.41, 5.74) is 2.79. The lowest BCUT2D eigenvalue weighted by atomic mass is 9.90. The fourth-order valence-corrected chi connectivity index (χ4v) is 4.16. The molecule has 0 aromatic heterocycles. The van der Waals surface area contributed by atoms with E-state index in [0.29, 0.717) is 31.1 Å². The molecule has 1 saturated heterocycles. The molecule has 1 fully saturated rings. The summed E-state index contributed by atoms with van der Waals surface area (Å²) in [4.78, 5) is 32.0. The van der Waals surface area contributed by atoms with Gasteiger partial charge >= 0.3 is 6.09 Å². The first kappa shape index (κ1) is 18.0. The molecule has 2 aromatic carbocycles. The molecular weight excluding hydrogens is 408 g/mol. The highest BCUT2D eigenvalue weighted by Gasteiger charge is 2.33. The molecule has 6 heteroatoms. The minimum atomic E-state index is -0.437. The van der Waals surface area contributed by atoms with E-state index >= 15 is 0 Å². The fourth-order valence-electron chi connectivity index (χ4n) is 3.76. The van der Waals surface area contributed by atoms with E-state index in [1.165, 1.54) is 5.56 Å². The number of hydrogen-bond donors (Lipinski definition) is 0. The zero-order valence-corrected chi connectivity index (χ0v) is 16.5. The van der Waals surface area contributed by atoms with E-state index in [1.807, 2.05) is 18.2 Å². The summed E-state index contributed by atoms with van der Waals surface area (Å²) in [5.74, 6) is 0.316. The summed E-state index contributed by atoms with van der Waals surface area (Å²) in [6.45, 7) is 1.62. The first-order valence-corrected chi connectivity index (χ1v) is 10.0. The predicted molar refractivity (Wildman–Crippen MR) is 105 cm³/mol. The van der Waals surface area contributed by atoms with Crippen LogP contribution in [0.3, 0.4) is 0 Å². The summed E-state index contributed by atoms with van der Waals surface area (Å²) in [5, 5.41) is 1.16. The van der Waals surface area contributed by atoms with Crippen molar-refractivity contribution in [3.8, 4) is 0 Å². The van der Waals surface area contributed by atoms with Gasteiger partial charge in [-0.2, -0.15) is 5.06 Å². The van der Waals surface area contributed by atoms with Crippen LogP contribution in [0.15, 0.2) is 53.0 Å². The van der Waals surface area contributed by atoms with Crippen LogP contribution >= 0.6 is 15.9 Å². The van der Waals surface area contributed by atoms with E-state index in [4.69, 9.17) is 4.84 Å². The van der Waals surface area contributed by atoms with E-state index < -0.39 is 6.09 Å². The monoisotopic (exact) mass is 428 g/mol. The smallest absolute Gasteiger partial charge is 0.318 e. The average Bonchev–Trinajstić information content (AvgIpc) is 2.98. The van der Waals surface area contributed by atoms with Crippen molar-refractivity contribution in [3.63, 3.8) is 0 Å². The lowest BCUT2D eigenvalue weighted by Crippen LogP contribution is -2.42. The Bertz CT molecular complexity index is 848. The van der Waals surface area contributed by atoms with Gasteiger partial charge in [-0.25, -0.2) is 4.79 Å². The van der Waals surface area contributed by atoms with Crippen LogP contribution in [0.2, 0.25) is 0 Å². The van der Waals surface area contributed by atoms with Crippen LogP contribution in [-0.4, -0.2) is 35.1 Å². The molecule has 2 aliphatic heterocycles. The molecule has 0 saturated carbocycles. The van der Waals surface area contributed by atoms with Gasteiger partial charge < -0.3 is 9.74 Å². The van der Waals surface area contributed by atoms with Gasteiger partial charge in [0.15, 0.2) is 0 Å². The zero-order chi connectivity index (χ0) is 18.8. The number of halogens is 1. The Morgan fingerprint density at radius 3 is 2.59 bits per heavy atom. The molecule has 0 aliphatic carbocycles. The van der Waals surface area contributed by atoms with Crippen molar-refractivity contribution < 1.29 is 14.4 Å². The minimum Gasteiger partial charge on any atom is -0.318 e. The summed E-state index contributed by atoms with van der Waals surface area (Å²) in [7, 11) is 0. The molecular formula is C21H21BrN2O3. The molecule has 2 aromatic rings. The lowest BCUT2D eigenvalue weighted by molar-refractivity contribution is -0.0847. The molecule has 140 valence electrons. The zero-order valence-electron chi connectivity index (χ0n) is 14.9. The summed E-state index contributed by atoms with van der Waals surface area (Å²) >= 11 is 3.40. The van der Waals surface area contributed by atoms with Crippen LogP contribution in [0.1, 0.15) is 34.3 Å². The van der Waals surface area contributed by atoms with Gasteiger partial charge in [-0.1, -0.05) is 46.3 Å². The number of nitrogens with zero attached hydrogens (tertiary/aromatic N) is 2. The number of hydrogen-bond acceptors (Lipinski definition) is 3. The second-order valence-corrected chi connectivity index (χ2v) is 8.04. The molecule has 0 bridgehead atoms. The topological polar surface area (TPSA) is 49.9 Å². The highest BCUT2D eigenvalue weighted by molar-refractivity contribution is 9.10. The number of piperidine rings is 1. The molecule has 2 aliphatic rings. The first-order valence-electron chi connectivity index (χ1n) is 9.21. The molecule has 0 N–H and O–H groups in total. The highest BCUT2D eigenvalue weighted by atomic mass is 79.9. The Labute approximate surface area is 167 Å². The van der Waals surface area contributed by atoms with Gasteiger partial charge in [-0.05, 0) is 54.5 Å². The fraction of sp³-hybridized carbons (Fsp3) is 0.333. The molecule has 2 heterocycles. The largest absolute Gasteiger partial charge is 0.434 e. The van der Waals surface area contributed by atoms with Gasteiger partial charge in [-0.15, -0.1) is 0 Å². The summed E-state index contributed by atoms with van der Waals surface area (Å²) < 4.78 is 0.905. The number of fused-ring (bicyclic) bond motifs is 1. The Balaban J connectivity index is 1.30. The van der Waals surface area contributed by atoms with Crippen molar-refractivity contribution in [2.24, 2.45) is 5.92 Å². The SMILES string of the molecule is O=C(ON1Cc2cc(Br)ccc2C1=O)N1CCC(Cc2ccccc2)CC1. The Morgan fingerprint density at radius 1 is 1.11 bits per heavy atom. The van der Waals surface area contributed by atoms with Crippen molar-refractivity contribution in [2.75, 3.05) is 13.1 Å². The molecule has 0 unspecified atom stereocenters. The van der Waals surface area contributed by atoms with Crippen molar-refractivity contribution >= 4 is 27.9 Å². The maximum atomic E-state index is 12.5. The molecule has 2 amide bonds. The van der Waals surface area contributed by atoms with Crippen LogP contribution in [0, 0.1) is 5.92 Å². The number of carbonyl (C=O) groups excluding carboxylic acids is 2. The van der Waals surface area contributed by atoms with Gasteiger partial charge in [0.2, 0.25) is 0 Å². The first-order chi connectivity index (χ1) is 13.1. The highest BCUT2D eigenvalue weighted by Crippen LogP contribution is 2.27. The number of carbonyl (C=O) groups is 2. The van der Waals surface area contributed by atoms with E-state index in [-0.39, 0.29) is 5.91 Å². The molecule has 4 rings (SSSR count). The summed E-state index contributed by atoms with van der Waals surface area (Å²) in [6.07, 6.45) is 2.50. The third-order valence-electron chi connectivity index (χ3n) is 5.27. The van der Waals surface area contributed by atoms with Gasteiger partial charge in [0.25, 0.3) is 5.91 Å². The molecule has 27 heavy (non-hydrogen) atoms. The molecule has 5 nitrogen and oxygen atoms in total. The van der Waals surface area contributed by atoms with Crippen molar-refractivity contribution in [1.82, 2.24) is 9.96 Å². The van der Waals surface area contributed by atoms with Crippen molar-refractivity contribution in [3.05, 3.63) is 69.7 Å². The minimum absolute atomic E-state index is 0.259. The number of rotatable bonds is 3. The van der Waals surface area contributed by atoms with Crippen LogP contribution in [0.4, 0.5) is 4.79 Å². The number of benzene rings is 2. The molecule has 0 atom stereocenters.